The molecule has 1 aromatic carbocycles. The minimum absolute atomic E-state index is 0.0629. The van der Waals surface area contributed by atoms with E-state index in [1.54, 1.807) is 0 Å². The fraction of sp³-hybridized carbons (Fsp3) is 0.529. The van der Waals surface area contributed by atoms with Gasteiger partial charge in [-0.2, -0.15) is 0 Å². The van der Waals surface area contributed by atoms with Crippen molar-refractivity contribution in [2.24, 2.45) is 5.73 Å². The van der Waals surface area contributed by atoms with Crippen molar-refractivity contribution < 1.29 is 22.7 Å². The zero-order valence-electron chi connectivity index (χ0n) is 15.2. The summed E-state index contributed by atoms with van der Waals surface area (Å²) in [7, 11) is -2.55. The van der Waals surface area contributed by atoms with Crippen molar-refractivity contribution >= 4 is 21.8 Å². The summed E-state index contributed by atoms with van der Waals surface area (Å²) in [5, 5.41) is 2.74. The summed E-state index contributed by atoms with van der Waals surface area (Å²) in [5.74, 6) is -1.04. The number of methoxy groups -OCH3 is 1. The third-order valence-corrected chi connectivity index (χ3v) is 6.60. The molecule has 9 heteroatoms. The number of rotatable bonds is 8. The second-order valence-electron chi connectivity index (χ2n) is 6.34. The van der Waals surface area contributed by atoms with Crippen LogP contribution in [0.5, 0.6) is 0 Å². The summed E-state index contributed by atoms with van der Waals surface area (Å²) in [6, 6.07) is 4.05. The molecule has 0 bridgehead atoms. The molecule has 3 N–H and O–H groups in total. The lowest BCUT2D eigenvalue weighted by atomic mass is 9.94. The standard InChI is InChI=1S/C17H25N3O5S/c1-4-17(18,5-2)11-19-15(21)12-6-7-13-14(10-12)26(23,24)20(16(13)22)8-9-25-3/h6-7,10H,4-5,8-9,11,18H2,1-3H3,(H,19,21). The maximum Gasteiger partial charge on any atom is 0.269 e. The molecule has 0 atom stereocenters. The van der Waals surface area contributed by atoms with Gasteiger partial charge in [-0.1, -0.05) is 13.8 Å². The number of carbonyl (C=O) groups is 2. The van der Waals surface area contributed by atoms with E-state index in [9.17, 15) is 18.0 Å². The minimum atomic E-state index is -3.98. The zero-order chi connectivity index (χ0) is 19.5. The van der Waals surface area contributed by atoms with Crippen LogP contribution in [-0.2, 0) is 14.8 Å². The number of nitrogens with zero attached hydrogens (tertiary/aromatic N) is 1. The normalized spacial score (nSPS) is 15.8. The molecule has 0 fully saturated rings. The topological polar surface area (TPSA) is 119 Å². The summed E-state index contributed by atoms with van der Waals surface area (Å²) in [6.45, 7) is 4.19. The second-order valence-corrected chi connectivity index (χ2v) is 8.17. The average molecular weight is 383 g/mol. The van der Waals surface area contributed by atoms with Gasteiger partial charge in [0.1, 0.15) is 4.90 Å². The SMILES string of the molecule is CCC(N)(CC)CNC(=O)c1ccc2c(c1)S(=O)(=O)N(CCOC)C2=O. The van der Waals surface area contributed by atoms with Crippen LogP contribution in [0.2, 0.25) is 0 Å². The summed E-state index contributed by atoms with van der Waals surface area (Å²) >= 11 is 0. The van der Waals surface area contributed by atoms with Crippen molar-refractivity contribution in [2.75, 3.05) is 26.8 Å². The molecule has 1 aromatic rings. The summed E-state index contributed by atoms with van der Waals surface area (Å²) in [5.41, 5.74) is 5.89. The first-order valence-corrected chi connectivity index (χ1v) is 9.91. The Bertz CT molecular complexity index is 803. The first-order valence-electron chi connectivity index (χ1n) is 8.47. The highest BCUT2D eigenvalue weighted by atomic mass is 32.2. The van der Waals surface area contributed by atoms with Gasteiger partial charge >= 0.3 is 0 Å². The lowest BCUT2D eigenvalue weighted by molar-refractivity contribution is 0.0835. The molecule has 144 valence electrons. The number of hydrogen-bond acceptors (Lipinski definition) is 6. The highest BCUT2D eigenvalue weighted by molar-refractivity contribution is 7.90. The molecule has 8 nitrogen and oxygen atoms in total. The van der Waals surface area contributed by atoms with Gasteiger partial charge < -0.3 is 15.8 Å². The molecular weight excluding hydrogens is 358 g/mol. The van der Waals surface area contributed by atoms with Crippen LogP contribution in [0.25, 0.3) is 0 Å². The zero-order valence-corrected chi connectivity index (χ0v) is 16.1. The Morgan fingerprint density at radius 1 is 1.31 bits per heavy atom. The Morgan fingerprint density at radius 2 is 1.96 bits per heavy atom. The Kier molecular flexibility index (Phi) is 6.05. The molecule has 26 heavy (non-hydrogen) atoms. The third-order valence-electron chi connectivity index (χ3n) is 4.78. The molecule has 2 amide bonds. The van der Waals surface area contributed by atoms with Gasteiger partial charge in [0.2, 0.25) is 0 Å². The van der Waals surface area contributed by atoms with Crippen LogP contribution in [0.3, 0.4) is 0 Å². The number of fused-ring (bicyclic) bond motifs is 1. The van der Waals surface area contributed by atoms with Crippen LogP contribution >= 0.6 is 0 Å². The van der Waals surface area contributed by atoms with Crippen LogP contribution in [-0.4, -0.2) is 56.9 Å². The van der Waals surface area contributed by atoms with Gasteiger partial charge in [0, 0.05) is 24.8 Å². The van der Waals surface area contributed by atoms with Crippen LogP contribution in [0.1, 0.15) is 47.4 Å². The molecule has 1 aliphatic heterocycles. The predicted molar refractivity (Wildman–Crippen MR) is 96.4 cm³/mol. The number of nitrogens with one attached hydrogen (secondary N) is 1. The molecule has 0 aromatic heterocycles. The van der Waals surface area contributed by atoms with E-state index in [1.807, 2.05) is 13.8 Å². The van der Waals surface area contributed by atoms with Gasteiger partial charge in [0.25, 0.3) is 21.8 Å². The van der Waals surface area contributed by atoms with Crippen LogP contribution < -0.4 is 11.1 Å². The summed E-state index contributed by atoms with van der Waals surface area (Å²) < 4.78 is 30.8. The molecule has 0 saturated heterocycles. The quantitative estimate of drug-likeness (QED) is 0.683. The van der Waals surface area contributed by atoms with Gasteiger partial charge in [-0.05, 0) is 31.0 Å². The number of hydrogen-bond donors (Lipinski definition) is 2. The third kappa shape index (κ3) is 3.74. The number of nitrogens with two attached hydrogens (primary N) is 1. The van der Waals surface area contributed by atoms with E-state index in [4.69, 9.17) is 10.5 Å². The highest BCUT2D eigenvalue weighted by Gasteiger charge is 2.41. The number of carbonyl (C=O) groups excluding carboxylic acids is 2. The molecule has 1 heterocycles. The molecule has 2 rings (SSSR count). The predicted octanol–water partition coefficient (Wildman–Crippen LogP) is 0.725. The number of amides is 2. The van der Waals surface area contributed by atoms with Crippen LogP contribution in [0.4, 0.5) is 0 Å². The molecule has 0 unspecified atom stereocenters. The number of sulfonamides is 1. The van der Waals surface area contributed by atoms with Gasteiger partial charge in [0.15, 0.2) is 0 Å². The summed E-state index contributed by atoms with van der Waals surface area (Å²) in [6.07, 6.45) is 1.40. The van der Waals surface area contributed by atoms with Crippen molar-refractivity contribution in [3.63, 3.8) is 0 Å². The van der Waals surface area contributed by atoms with Crippen molar-refractivity contribution in [2.45, 2.75) is 37.1 Å². The van der Waals surface area contributed by atoms with E-state index in [1.165, 1.54) is 25.3 Å². The van der Waals surface area contributed by atoms with E-state index >= 15 is 0 Å². The molecule has 0 spiro atoms. The lowest BCUT2D eigenvalue weighted by Crippen LogP contribution is -2.49. The van der Waals surface area contributed by atoms with Crippen molar-refractivity contribution in [1.29, 1.82) is 0 Å². The fourth-order valence-electron chi connectivity index (χ4n) is 2.67. The van der Waals surface area contributed by atoms with E-state index in [-0.39, 0.29) is 35.7 Å². The number of ether oxygens (including phenoxy) is 1. The van der Waals surface area contributed by atoms with E-state index < -0.39 is 27.4 Å². The van der Waals surface area contributed by atoms with E-state index in [2.05, 4.69) is 5.32 Å². The van der Waals surface area contributed by atoms with E-state index in [0.717, 1.165) is 4.31 Å². The lowest BCUT2D eigenvalue weighted by Gasteiger charge is -2.26. The van der Waals surface area contributed by atoms with Gasteiger partial charge in [-0.15, -0.1) is 0 Å². The first kappa shape index (κ1) is 20.3. The van der Waals surface area contributed by atoms with Crippen molar-refractivity contribution in [3.05, 3.63) is 29.3 Å². The Balaban J connectivity index is 2.25. The Morgan fingerprint density at radius 3 is 2.54 bits per heavy atom. The van der Waals surface area contributed by atoms with Crippen LogP contribution in [0, 0.1) is 0 Å². The molecule has 0 saturated carbocycles. The average Bonchev–Trinajstić information content (AvgIpc) is 2.83. The fourth-order valence-corrected chi connectivity index (χ4v) is 4.25. The Labute approximate surface area is 153 Å². The number of benzene rings is 1. The first-order chi connectivity index (χ1) is 12.2. The monoisotopic (exact) mass is 383 g/mol. The molecular formula is C17H25N3O5S. The van der Waals surface area contributed by atoms with Gasteiger partial charge in [-0.3, -0.25) is 9.59 Å². The highest BCUT2D eigenvalue weighted by Crippen LogP contribution is 2.30. The van der Waals surface area contributed by atoms with Gasteiger partial charge in [-0.25, -0.2) is 12.7 Å². The Hall–Kier alpha value is -1.97. The molecule has 0 aliphatic carbocycles. The smallest absolute Gasteiger partial charge is 0.269 e. The van der Waals surface area contributed by atoms with Gasteiger partial charge in [0.05, 0.1) is 18.7 Å². The van der Waals surface area contributed by atoms with E-state index in [0.29, 0.717) is 12.8 Å². The maximum atomic E-state index is 12.6. The molecule has 0 radical (unpaired) electrons. The molecule has 1 aliphatic rings. The minimum Gasteiger partial charge on any atom is -0.383 e. The second kappa shape index (κ2) is 7.73. The largest absolute Gasteiger partial charge is 0.383 e. The summed E-state index contributed by atoms with van der Waals surface area (Å²) in [4.78, 5) is 24.5. The van der Waals surface area contributed by atoms with Crippen molar-refractivity contribution in [1.82, 2.24) is 9.62 Å². The van der Waals surface area contributed by atoms with Crippen LogP contribution in [0.15, 0.2) is 23.1 Å². The van der Waals surface area contributed by atoms with Crippen molar-refractivity contribution in [3.8, 4) is 0 Å². The maximum absolute atomic E-state index is 12.6.